The molecule has 0 unspecified atom stereocenters. The zero-order valence-corrected chi connectivity index (χ0v) is 12.4. The van der Waals surface area contributed by atoms with Crippen LogP contribution in [-0.2, 0) is 0 Å². The fourth-order valence-electron chi connectivity index (χ4n) is 2.34. The van der Waals surface area contributed by atoms with E-state index in [1.807, 2.05) is 6.20 Å². The minimum Gasteiger partial charge on any atom is -0.381 e. The Hall–Kier alpha value is -0.870. The number of rotatable bonds is 4. The first-order chi connectivity index (χ1) is 8.63. The predicted octanol–water partition coefficient (Wildman–Crippen LogP) is 3.30. The van der Waals surface area contributed by atoms with Gasteiger partial charge in [-0.3, -0.25) is 9.88 Å². The first kappa shape index (κ1) is 13.6. The molecule has 2 heterocycles. The summed E-state index contributed by atoms with van der Waals surface area (Å²) in [7, 11) is 0. The third kappa shape index (κ3) is 4.10. The number of aromatic nitrogens is 1. The highest BCUT2D eigenvalue weighted by molar-refractivity contribution is 9.10. The number of nitrogens with zero attached hydrogens (tertiary/aromatic N) is 2. The number of hydrogen-bond donors (Lipinski definition) is 1. The first-order valence-corrected chi connectivity index (χ1v) is 7.16. The lowest BCUT2D eigenvalue weighted by atomic mass is 10.0. The molecule has 0 aliphatic carbocycles. The molecule has 1 fully saturated rings. The van der Waals surface area contributed by atoms with Crippen molar-refractivity contribution in [2.75, 3.05) is 25.0 Å². The van der Waals surface area contributed by atoms with Crippen molar-refractivity contribution in [1.82, 2.24) is 9.88 Å². The summed E-state index contributed by atoms with van der Waals surface area (Å²) in [6, 6.07) is 2.63. The number of pyridine rings is 1. The highest BCUT2D eigenvalue weighted by Gasteiger charge is 2.18. The van der Waals surface area contributed by atoms with E-state index in [4.69, 9.17) is 0 Å². The minimum absolute atomic E-state index is 0.558. The number of piperidine rings is 1. The van der Waals surface area contributed by atoms with Crippen molar-refractivity contribution in [3.05, 3.63) is 35.1 Å². The maximum Gasteiger partial charge on any atom is 0.0540 e. The van der Waals surface area contributed by atoms with E-state index >= 15 is 0 Å². The van der Waals surface area contributed by atoms with Crippen LogP contribution in [0.25, 0.3) is 0 Å². The van der Waals surface area contributed by atoms with Gasteiger partial charge in [-0.15, -0.1) is 0 Å². The molecule has 18 heavy (non-hydrogen) atoms. The molecule has 0 bridgehead atoms. The third-order valence-electron chi connectivity index (χ3n) is 3.16. The highest BCUT2D eigenvalue weighted by atomic mass is 79.9. The summed E-state index contributed by atoms with van der Waals surface area (Å²) >= 11 is 3.44. The van der Waals surface area contributed by atoms with Gasteiger partial charge in [-0.1, -0.05) is 12.2 Å². The zero-order chi connectivity index (χ0) is 13.0. The monoisotopic (exact) mass is 309 g/mol. The molecule has 98 valence electrons. The molecule has 0 amide bonds. The number of halogens is 1. The number of likely N-dealkylation sites (tertiary alicyclic amines) is 1. The normalized spacial score (nSPS) is 17.7. The highest BCUT2D eigenvalue weighted by Crippen LogP contribution is 2.19. The molecule has 1 aliphatic heterocycles. The Morgan fingerprint density at radius 2 is 2.22 bits per heavy atom. The largest absolute Gasteiger partial charge is 0.381 e. The van der Waals surface area contributed by atoms with Gasteiger partial charge in [0.1, 0.15) is 0 Å². The van der Waals surface area contributed by atoms with Crippen molar-refractivity contribution < 1.29 is 0 Å². The number of hydrogen-bond acceptors (Lipinski definition) is 3. The van der Waals surface area contributed by atoms with Gasteiger partial charge in [0.15, 0.2) is 0 Å². The fourth-order valence-corrected chi connectivity index (χ4v) is 2.71. The number of nitrogens with one attached hydrogen (secondary N) is 1. The van der Waals surface area contributed by atoms with E-state index in [-0.39, 0.29) is 0 Å². The van der Waals surface area contributed by atoms with Crippen molar-refractivity contribution in [2.24, 2.45) is 0 Å². The van der Waals surface area contributed by atoms with Crippen molar-refractivity contribution in [2.45, 2.75) is 25.8 Å². The average Bonchev–Trinajstić information content (AvgIpc) is 2.31. The van der Waals surface area contributed by atoms with Gasteiger partial charge in [0, 0.05) is 36.3 Å². The molecular weight excluding hydrogens is 290 g/mol. The molecule has 0 saturated carbocycles. The topological polar surface area (TPSA) is 28.2 Å². The van der Waals surface area contributed by atoms with Gasteiger partial charge in [0.25, 0.3) is 0 Å². The molecule has 1 saturated heterocycles. The van der Waals surface area contributed by atoms with Gasteiger partial charge in [-0.25, -0.2) is 0 Å². The SMILES string of the molecule is C=C(C)CN1CCC(Nc2cncc(Br)c2)CC1. The second-order valence-electron chi connectivity index (χ2n) is 5.04. The van der Waals surface area contributed by atoms with E-state index in [0.717, 1.165) is 29.8 Å². The molecule has 2 rings (SSSR count). The lowest BCUT2D eigenvalue weighted by Crippen LogP contribution is -2.39. The Bertz CT molecular complexity index is 411. The van der Waals surface area contributed by atoms with Gasteiger partial charge in [0.2, 0.25) is 0 Å². The maximum absolute atomic E-state index is 4.17. The van der Waals surface area contributed by atoms with Crippen LogP contribution in [0.2, 0.25) is 0 Å². The van der Waals surface area contributed by atoms with Crippen LogP contribution in [0.5, 0.6) is 0 Å². The molecule has 4 heteroatoms. The van der Waals surface area contributed by atoms with E-state index in [0.29, 0.717) is 6.04 Å². The van der Waals surface area contributed by atoms with Crippen LogP contribution in [0, 0.1) is 0 Å². The van der Waals surface area contributed by atoms with Crippen LogP contribution < -0.4 is 5.32 Å². The number of anilines is 1. The van der Waals surface area contributed by atoms with Crippen LogP contribution >= 0.6 is 15.9 Å². The van der Waals surface area contributed by atoms with Crippen molar-refractivity contribution >= 4 is 21.6 Å². The van der Waals surface area contributed by atoms with Gasteiger partial charge in [-0.05, 0) is 41.8 Å². The Morgan fingerprint density at radius 3 is 2.83 bits per heavy atom. The van der Waals surface area contributed by atoms with Crippen LogP contribution in [0.4, 0.5) is 5.69 Å². The van der Waals surface area contributed by atoms with Crippen LogP contribution in [0.1, 0.15) is 19.8 Å². The van der Waals surface area contributed by atoms with Gasteiger partial charge in [-0.2, -0.15) is 0 Å². The predicted molar refractivity (Wildman–Crippen MR) is 79.8 cm³/mol. The summed E-state index contributed by atoms with van der Waals surface area (Å²) in [4.78, 5) is 6.64. The van der Waals surface area contributed by atoms with Crippen LogP contribution in [-0.4, -0.2) is 35.6 Å². The zero-order valence-electron chi connectivity index (χ0n) is 10.8. The smallest absolute Gasteiger partial charge is 0.0540 e. The average molecular weight is 310 g/mol. The standard InChI is InChI=1S/C14H20BrN3/c1-11(2)10-18-5-3-13(4-6-18)17-14-7-12(15)8-16-9-14/h7-9,13,17H,1,3-6,10H2,2H3. The molecule has 1 aromatic heterocycles. The van der Waals surface area contributed by atoms with Crippen molar-refractivity contribution in [3.8, 4) is 0 Å². The summed E-state index contributed by atoms with van der Waals surface area (Å²) in [6.45, 7) is 9.39. The molecule has 0 spiro atoms. The first-order valence-electron chi connectivity index (χ1n) is 6.37. The van der Waals surface area contributed by atoms with Crippen LogP contribution in [0.3, 0.4) is 0 Å². The van der Waals surface area contributed by atoms with Gasteiger partial charge < -0.3 is 5.32 Å². The summed E-state index contributed by atoms with van der Waals surface area (Å²) in [6.07, 6.45) is 6.05. The van der Waals surface area contributed by atoms with E-state index in [9.17, 15) is 0 Å². The lowest BCUT2D eigenvalue weighted by Gasteiger charge is -2.32. The Labute approximate surface area is 117 Å². The van der Waals surface area contributed by atoms with E-state index in [1.54, 1.807) is 6.20 Å². The Kier molecular flexibility index (Phi) is 4.78. The lowest BCUT2D eigenvalue weighted by molar-refractivity contribution is 0.236. The van der Waals surface area contributed by atoms with Crippen molar-refractivity contribution in [3.63, 3.8) is 0 Å². The quantitative estimate of drug-likeness (QED) is 0.865. The fraction of sp³-hybridized carbons (Fsp3) is 0.500. The second-order valence-corrected chi connectivity index (χ2v) is 5.96. The Balaban J connectivity index is 1.81. The summed E-state index contributed by atoms with van der Waals surface area (Å²) in [5.41, 5.74) is 2.35. The second kappa shape index (κ2) is 6.34. The molecule has 0 aromatic carbocycles. The summed E-state index contributed by atoms with van der Waals surface area (Å²) in [5, 5.41) is 3.55. The molecule has 1 aromatic rings. The van der Waals surface area contributed by atoms with E-state index in [1.165, 1.54) is 18.4 Å². The molecule has 1 aliphatic rings. The molecule has 3 nitrogen and oxygen atoms in total. The molecular formula is C14H20BrN3. The van der Waals surface area contributed by atoms with Gasteiger partial charge in [0.05, 0.1) is 11.9 Å². The summed E-state index contributed by atoms with van der Waals surface area (Å²) in [5.74, 6) is 0. The maximum atomic E-state index is 4.17. The van der Waals surface area contributed by atoms with Gasteiger partial charge >= 0.3 is 0 Å². The Morgan fingerprint density at radius 1 is 1.50 bits per heavy atom. The third-order valence-corrected chi connectivity index (χ3v) is 3.59. The molecule has 0 atom stereocenters. The molecule has 1 N–H and O–H groups in total. The summed E-state index contributed by atoms with van der Waals surface area (Å²) < 4.78 is 1.02. The molecule has 0 radical (unpaired) electrons. The van der Waals surface area contributed by atoms with E-state index < -0.39 is 0 Å². The van der Waals surface area contributed by atoms with Crippen molar-refractivity contribution in [1.29, 1.82) is 0 Å². The van der Waals surface area contributed by atoms with E-state index in [2.05, 4.69) is 50.7 Å². The van der Waals surface area contributed by atoms with Crippen LogP contribution in [0.15, 0.2) is 35.1 Å². The minimum atomic E-state index is 0.558.